The minimum atomic E-state index is -2.78. The first-order chi connectivity index (χ1) is 8.54. The molecule has 18 heavy (non-hydrogen) atoms. The minimum Gasteiger partial charge on any atom is -0.434 e. The molecule has 0 aliphatic heterocycles. The van der Waals surface area contributed by atoms with Crippen molar-refractivity contribution < 1.29 is 13.5 Å². The van der Waals surface area contributed by atoms with Gasteiger partial charge in [0.25, 0.3) is 0 Å². The molecule has 1 aromatic rings. The Labute approximate surface area is 107 Å². The number of rotatable bonds is 7. The van der Waals surface area contributed by atoms with Crippen molar-refractivity contribution in [1.82, 2.24) is 5.32 Å². The van der Waals surface area contributed by atoms with Gasteiger partial charge >= 0.3 is 6.61 Å². The van der Waals surface area contributed by atoms with Gasteiger partial charge < -0.3 is 10.1 Å². The number of ether oxygens (including phenoxy) is 1. The fraction of sp³-hybridized carbons (Fsp3) is 0.571. The van der Waals surface area contributed by atoms with E-state index in [2.05, 4.69) is 23.9 Å². The van der Waals surface area contributed by atoms with E-state index in [0.29, 0.717) is 5.92 Å². The predicted molar refractivity (Wildman–Crippen MR) is 68.9 cm³/mol. The van der Waals surface area contributed by atoms with E-state index in [9.17, 15) is 8.78 Å². The standard InChI is InChI=1S/C14H21F2NO/c1-4-10(2)9-17-11(3)12-7-5-6-8-13(12)18-14(15)16/h5-8,10-11,14,17H,4,9H2,1-3H3. The van der Waals surface area contributed by atoms with E-state index in [4.69, 9.17) is 0 Å². The van der Waals surface area contributed by atoms with Gasteiger partial charge in [-0.05, 0) is 25.5 Å². The number of nitrogens with one attached hydrogen (secondary N) is 1. The molecule has 0 fully saturated rings. The van der Waals surface area contributed by atoms with Gasteiger partial charge in [0.05, 0.1) is 0 Å². The van der Waals surface area contributed by atoms with Gasteiger partial charge in [-0.1, -0.05) is 38.5 Å². The van der Waals surface area contributed by atoms with Crippen LogP contribution in [0, 0.1) is 5.92 Å². The van der Waals surface area contributed by atoms with Crippen molar-refractivity contribution in [2.45, 2.75) is 39.8 Å². The highest BCUT2D eigenvalue weighted by molar-refractivity contribution is 5.35. The molecule has 0 bridgehead atoms. The summed E-state index contributed by atoms with van der Waals surface area (Å²) in [6.45, 7) is 4.32. The van der Waals surface area contributed by atoms with Crippen molar-refractivity contribution >= 4 is 0 Å². The summed E-state index contributed by atoms with van der Waals surface area (Å²) in [4.78, 5) is 0. The van der Waals surface area contributed by atoms with Crippen LogP contribution in [0.3, 0.4) is 0 Å². The summed E-state index contributed by atoms with van der Waals surface area (Å²) in [5.74, 6) is 0.812. The first-order valence-corrected chi connectivity index (χ1v) is 6.31. The van der Waals surface area contributed by atoms with E-state index in [1.807, 2.05) is 19.1 Å². The third kappa shape index (κ3) is 4.61. The Morgan fingerprint density at radius 1 is 1.22 bits per heavy atom. The smallest absolute Gasteiger partial charge is 0.387 e. The Kier molecular flexibility index (Phi) is 6.05. The molecule has 1 rings (SSSR count). The second-order valence-electron chi connectivity index (χ2n) is 4.56. The molecule has 2 unspecified atom stereocenters. The maximum atomic E-state index is 12.3. The van der Waals surface area contributed by atoms with Crippen molar-refractivity contribution in [3.63, 3.8) is 0 Å². The molecule has 0 aromatic heterocycles. The Balaban J connectivity index is 2.69. The molecule has 0 radical (unpaired) electrons. The quantitative estimate of drug-likeness (QED) is 0.797. The summed E-state index contributed by atoms with van der Waals surface area (Å²) >= 11 is 0. The first kappa shape index (κ1) is 14.9. The highest BCUT2D eigenvalue weighted by Crippen LogP contribution is 2.26. The van der Waals surface area contributed by atoms with Gasteiger partial charge in [-0.2, -0.15) is 8.78 Å². The summed E-state index contributed by atoms with van der Waals surface area (Å²) in [7, 11) is 0. The van der Waals surface area contributed by atoms with Gasteiger partial charge in [0, 0.05) is 11.6 Å². The van der Waals surface area contributed by atoms with Crippen LogP contribution in [0.2, 0.25) is 0 Å². The predicted octanol–water partition coefficient (Wildman–Crippen LogP) is 3.98. The average Bonchev–Trinajstić information content (AvgIpc) is 2.35. The zero-order valence-corrected chi connectivity index (χ0v) is 11.1. The van der Waals surface area contributed by atoms with Gasteiger partial charge in [0.2, 0.25) is 0 Å². The topological polar surface area (TPSA) is 21.3 Å². The van der Waals surface area contributed by atoms with Crippen LogP contribution in [0.5, 0.6) is 5.75 Å². The zero-order chi connectivity index (χ0) is 13.5. The number of para-hydroxylation sites is 1. The van der Waals surface area contributed by atoms with Crippen LogP contribution in [0.15, 0.2) is 24.3 Å². The molecule has 0 heterocycles. The maximum absolute atomic E-state index is 12.3. The second kappa shape index (κ2) is 7.31. The first-order valence-electron chi connectivity index (χ1n) is 6.31. The number of hydrogen-bond donors (Lipinski definition) is 1. The van der Waals surface area contributed by atoms with Gasteiger partial charge in [-0.15, -0.1) is 0 Å². The van der Waals surface area contributed by atoms with Crippen LogP contribution >= 0.6 is 0 Å². The van der Waals surface area contributed by atoms with E-state index < -0.39 is 6.61 Å². The molecular weight excluding hydrogens is 236 g/mol. The molecule has 1 N–H and O–H groups in total. The van der Waals surface area contributed by atoms with Crippen molar-refractivity contribution in [1.29, 1.82) is 0 Å². The van der Waals surface area contributed by atoms with E-state index in [1.54, 1.807) is 12.1 Å². The fourth-order valence-electron chi connectivity index (χ4n) is 1.67. The number of benzene rings is 1. The van der Waals surface area contributed by atoms with Crippen molar-refractivity contribution in [3.05, 3.63) is 29.8 Å². The lowest BCUT2D eigenvalue weighted by molar-refractivity contribution is -0.0506. The molecule has 0 saturated carbocycles. The number of alkyl halides is 2. The molecule has 0 aliphatic carbocycles. The third-order valence-electron chi connectivity index (χ3n) is 3.07. The number of hydrogen-bond acceptors (Lipinski definition) is 2. The van der Waals surface area contributed by atoms with Crippen LogP contribution in [0.25, 0.3) is 0 Å². The lowest BCUT2D eigenvalue weighted by Crippen LogP contribution is -2.24. The zero-order valence-electron chi connectivity index (χ0n) is 11.1. The summed E-state index contributed by atoms with van der Waals surface area (Å²) in [5, 5.41) is 3.34. The Hall–Kier alpha value is -1.16. The summed E-state index contributed by atoms with van der Waals surface area (Å²) in [6, 6.07) is 6.90. The molecule has 102 valence electrons. The molecule has 2 atom stereocenters. The molecule has 0 aliphatic rings. The minimum absolute atomic E-state index is 0.00560. The number of halogens is 2. The maximum Gasteiger partial charge on any atom is 0.387 e. The normalized spacial score (nSPS) is 14.6. The van der Waals surface area contributed by atoms with Crippen molar-refractivity contribution in [2.24, 2.45) is 5.92 Å². The monoisotopic (exact) mass is 257 g/mol. The average molecular weight is 257 g/mol. The molecular formula is C14H21F2NO. The van der Waals surface area contributed by atoms with Crippen LogP contribution in [-0.4, -0.2) is 13.2 Å². The van der Waals surface area contributed by atoms with E-state index >= 15 is 0 Å². The summed E-state index contributed by atoms with van der Waals surface area (Å²) in [6.07, 6.45) is 1.09. The summed E-state index contributed by atoms with van der Waals surface area (Å²) in [5.41, 5.74) is 0.765. The van der Waals surface area contributed by atoms with E-state index in [-0.39, 0.29) is 11.8 Å². The van der Waals surface area contributed by atoms with Crippen molar-refractivity contribution in [2.75, 3.05) is 6.54 Å². The molecule has 2 nitrogen and oxygen atoms in total. The Morgan fingerprint density at radius 2 is 1.89 bits per heavy atom. The largest absolute Gasteiger partial charge is 0.434 e. The van der Waals surface area contributed by atoms with E-state index in [0.717, 1.165) is 18.5 Å². The Bertz CT molecular complexity index is 357. The van der Waals surface area contributed by atoms with Gasteiger partial charge in [0.1, 0.15) is 5.75 Å². The SMILES string of the molecule is CCC(C)CNC(C)c1ccccc1OC(F)F. The van der Waals surface area contributed by atoms with Crippen molar-refractivity contribution in [3.8, 4) is 5.75 Å². The lowest BCUT2D eigenvalue weighted by atomic mass is 10.1. The van der Waals surface area contributed by atoms with Crippen LogP contribution in [0.4, 0.5) is 8.78 Å². The van der Waals surface area contributed by atoms with Gasteiger partial charge in [0.15, 0.2) is 0 Å². The molecule has 0 saturated heterocycles. The second-order valence-corrected chi connectivity index (χ2v) is 4.56. The highest BCUT2D eigenvalue weighted by atomic mass is 19.3. The highest BCUT2D eigenvalue weighted by Gasteiger charge is 2.14. The third-order valence-corrected chi connectivity index (χ3v) is 3.07. The molecule has 1 aromatic carbocycles. The fourth-order valence-corrected chi connectivity index (χ4v) is 1.67. The summed E-state index contributed by atoms with van der Waals surface area (Å²) < 4.78 is 29.1. The molecule has 0 spiro atoms. The molecule has 0 amide bonds. The molecule has 4 heteroatoms. The Morgan fingerprint density at radius 3 is 2.50 bits per heavy atom. The van der Waals surface area contributed by atoms with E-state index in [1.165, 1.54) is 0 Å². The van der Waals surface area contributed by atoms with Crippen LogP contribution < -0.4 is 10.1 Å². The van der Waals surface area contributed by atoms with Crippen LogP contribution in [0.1, 0.15) is 38.8 Å². The van der Waals surface area contributed by atoms with Gasteiger partial charge in [-0.25, -0.2) is 0 Å². The lowest BCUT2D eigenvalue weighted by Gasteiger charge is -2.19. The van der Waals surface area contributed by atoms with Crippen LogP contribution in [-0.2, 0) is 0 Å². The van der Waals surface area contributed by atoms with Gasteiger partial charge in [-0.3, -0.25) is 0 Å².